The summed E-state index contributed by atoms with van der Waals surface area (Å²) in [6.45, 7) is 1.02. The highest BCUT2D eigenvalue weighted by molar-refractivity contribution is 5.98. The number of amides is 2. The van der Waals surface area contributed by atoms with Crippen LogP contribution in [0.1, 0.15) is 64.2 Å². The predicted molar refractivity (Wildman–Crippen MR) is 111 cm³/mol. The molecule has 2 rings (SSSR count). The van der Waals surface area contributed by atoms with Crippen LogP contribution >= 0.6 is 0 Å². The third kappa shape index (κ3) is 8.54. The molecule has 0 aromatic heterocycles. The summed E-state index contributed by atoms with van der Waals surface area (Å²) in [5.41, 5.74) is 0.722. The summed E-state index contributed by atoms with van der Waals surface area (Å²) in [6, 6.07) is 7.37. The van der Waals surface area contributed by atoms with Crippen LogP contribution in [-0.4, -0.2) is 42.6 Å². The van der Waals surface area contributed by atoms with Gasteiger partial charge in [0.25, 0.3) is 5.91 Å². The Kier molecular flexibility index (Phi) is 10.0. The van der Waals surface area contributed by atoms with E-state index >= 15 is 0 Å². The number of hydrogen-bond acceptors (Lipinski definition) is 4. The van der Waals surface area contributed by atoms with Crippen LogP contribution in [-0.2, 0) is 14.4 Å². The largest absolute Gasteiger partial charge is 0.482 e. The molecule has 1 heterocycles. The Balaban J connectivity index is 1.49. The molecule has 2 amide bonds. The first-order valence-electron chi connectivity index (χ1n) is 10.6. The van der Waals surface area contributed by atoms with Crippen LogP contribution in [0, 0.1) is 0 Å². The van der Waals surface area contributed by atoms with Gasteiger partial charge >= 0.3 is 5.97 Å². The van der Waals surface area contributed by atoms with Crippen molar-refractivity contribution in [1.29, 1.82) is 0 Å². The van der Waals surface area contributed by atoms with Gasteiger partial charge in [0.2, 0.25) is 5.91 Å². The van der Waals surface area contributed by atoms with Gasteiger partial charge in [-0.1, -0.05) is 50.7 Å². The van der Waals surface area contributed by atoms with Crippen molar-refractivity contribution >= 4 is 23.5 Å². The lowest BCUT2D eigenvalue weighted by Gasteiger charge is -2.29. The molecule has 7 heteroatoms. The van der Waals surface area contributed by atoms with Crippen molar-refractivity contribution in [3.8, 4) is 5.75 Å². The number of aliphatic carboxylic acids is 1. The molecule has 29 heavy (non-hydrogen) atoms. The van der Waals surface area contributed by atoms with Crippen LogP contribution in [0.5, 0.6) is 5.75 Å². The van der Waals surface area contributed by atoms with Crippen LogP contribution in [0.4, 0.5) is 5.69 Å². The molecule has 1 aromatic rings. The molecular formula is C22H32N2O5. The normalized spacial score (nSPS) is 13.0. The Morgan fingerprint density at radius 1 is 0.966 bits per heavy atom. The number of nitrogens with one attached hydrogen (secondary N) is 1. The number of para-hydroxylation sites is 2. The smallest absolute Gasteiger partial charge is 0.303 e. The van der Waals surface area contributed by atoms with Crippen LogP contribution in [0.3, 0.4) is 0 Å². The zero-order valence-corrected chi connectivity index (χ0v) is 17.0. The van der Waals surface area contributed by atoms with Crippen LogP contribution in [0.25, 0.3) is 0 Å². The number of carboxylic acid groups (broad SMARTS) is 1. The Hall–Kier alpha value is -2.57. The molecular weight excluding hydrogens is 372 g/mol. The van der Waals surface area contributed by atoms with E-state index in [2.05, 4.69) is 5.32 Å². The van der Waals surface area contributed by atoms with Crippen molar-refractivity contribution in [3.63, 3.8) is 0 Å². The van der Waals surface area contributed by atoms with Crippen molar-refractivity contribution in [2.24, 2.45) is 0 Å². The monoisotopic (exact) mass is 404 g/mol. The second-order valence-corrected chi connectivity index (χ2v) is 7.37. The molecule has 0 saturated carbocycles. The van der Waals surface area contributed by atoms with E-state index in [1.807, 2.05) is 24.3 Å². The molecule has 0 atom stereocenters. The van der Waals surface area contributed by atoms with Gasteiger partial charge in [-0.2, -0.15) is 0 Å². The summed E-state index contributed by atoms with van der Waals surface area (Å²) in [4.78, 5) is 36.2. The lowest BCUT2D eigenvalue weighted by Crippen LogP contribution is -2.41. The number of rotatable bonds is 14. The van der Waals surface area contributed by atoms with E-state index in [1.165, 1.54) is 0 Å². The Morgan fingerprint density at radius 3 is 2.34 bits per heavy atom. The number of fused-ring (bicyclic) bond motifs is 1. The molecule has 160 valence electrons. The zero-order chi connectivity index (χ0) is 20.9. The van der Waals surface area contributed by atoms with Gasteiger partial charge in [-0.3, -0.25) is 14.4 Å². The summed E-state index contributed by atoms with van der Waals surface area (Å²) in [6.07, 6.45) is 8.83. The molecule has 0 unspecified atom stereocenters. The number of carboxylic acids is 1. The Bertz CT molecular complexity index is 677. The summed E-state index contributed by atoms with van der Waals surface area (Å²) in [7, 11) is 0. The number of carbonyl (C=O) groups excluding carboxylic acids is 2. The van der Waals surface area contributed by atoms with Gasteiger partial charge in [0.05, 0.1) is 5.69 Å². The van der Waals surface area contributed by atoms with E-state index in [0.717, 1.165) is 57.1 Å². The van der Waals surface area contributed by atoms with Crippen molar-refractivity contribution in [2.75, 3.05) is 24.6 Å². The van der Waals surface area contributed by atoms with Crippen LogP contribution in [0.15, 0.2) is 24.3 Å². The molecule has 0 aliphatic carbocycles. The van der Waals surface area contributed by atoms with Crippen molar-refractivity contribution in [1.82, 2.24) is 5.32 Å². The maximum Gasteiger partial charge on any atom is 0.303 e. The fourth-order valence-corrected chi connectivity index (χ4v) is 3.39. The minimum atomic E-state index is -0.714. The first-order valence-corrected chi connectivity index (χ1v) is 10.6. The topological polar surface area (TPSA) is 95.9 Å². The number of benzene rings is 1. The third-order valence-electron chi connectivity index (χ3n) is 5.01. The second-order valence-electron chi connectivity index (χ2n) is 7.37. The van der Waals surface area contributed by atoms with Crippen molar-refractivity contribution in [2.45, 2.75) is 64.2 Å². The van der Waals surface area contributed by atoms with Gasteiger partial charge in [-0.05, 0) is 25.0 Å². The number of nitrogens with zero attached hydrogens (tertiary/aromatic N) is 1. The maximum atomic E-state index is 12.1. The average molecular weight is 405 g/mol. The summed E-state index contributed by atoms with van der Waals surface area (Å²) >= 11 is 0. The molecule has 1 aromatic carbocycles. The molecule has 2 N–H and O–H groups in total. The number of ether oxygens (including phenoxy) is 1. The summed E-state index contributed by atoms with van der Waals surface area (Å²) in [5.74, 6) is -0.206. The van der Waals surface area contributed by atoms with Gasteiger partial charge in [0.15, 0.2) is 6.61 Å². The second kappa shape index (κ2) is 12.8. The lowest BCUT2D eigenvalue weighted by atomic mass is 10.1. The van der Waals surface area contributed by atoms with E-state index in [9.17, 15) is 14.4 Å². The molecule has 1 aliphatic rings. The molecule has 0 spiro atoms. The molecule has 0 radical (unpaired) electrons. The highest BCUT2D eigenvalue weighted by Crippen LogP contribution is 2.31. The summed E-state index contributed by atoms with van der Waals surface area (Å²) < 4.78 is 5.41. The van der Waals surface area contributed by atoms with E-state index < -0.39 is 5.97 Å². The fraction of sp³-hybridized carbons (Fsp3) is 0.591. The fourth-order valence-electron chi connectivity index (χ4n) is 3.39. The van der Waals surface area contributed by atoms with E-state index in [-0.39, 0.29) is 31.3 Å². The highest BCUT2D eigenvalue weighted by Gasteiger charge is 2.25. The van der Waals surface area contributed by atoms with Crippen molar-refractivity contribution in [3.05, 3.63) is 24.3 Å². The SMILES string of the molecule is O=C(O)CCCCCCCCCCNC(=O)CCN1C(=O)COc2ccccc21. The standard InChI is InChI=1S/C22H32N2O5/c25-20(23-15-10-6-4-2-1-3-5-7-13-22(27)28)14-16-24-18-11-8-9-12-19(18)29-17-21(24)26/h8-9,11-12H,1-7,10,13-17H2,(H,23,25)(H,27,28). The minimum absolute atomic E-state index is 0.0121. The minimum Gasteiger partial charge on any atom is -0.482 e. The number of unbranched alkanes of at least 4 members (excludes halogenated alkanes) is 7. The first-order chi connectivity index (χ1) is 14.1. The first kappa shape index (κ1) is 22.7. The maximum absolute atomic E-state index is 12.1. The quantitative estimate of drug-likeness (QED) is 0.463. The number of hydrogen-bond donors (Lipinski definition) is 2. The van der Waals surface area contributed by atoms with Gasteiger partial charge in [0.1, 0.15) is 5.75 Å². The molecule has 0 saturated heterocycles. The number of carbonyl (C=O) groups is 3. The van der Waals surface area contributed by atoms with E-state index in [0.29, 0.717) is 18.8 Å². The van der Waals surface area contributed by atoms with Gasteiger partial charge < -0.3 is 20.1 Å². The van der Waals surface area contributed by atoms with Gasteiger partial charge in [0, 0.05) is 25.9 Å². The van der Waals surface area contributed by atoms with Crippen LogP contribution < -0.4 is 15.0 Å². The molecule has 0 bridgehead atoms. The molecule has 1 aliphatic heterocycles. The molecule has 7 nitrogen and oxygen atoms in total. The zero-order valence-electron chi connectivity index (χ0n) is 17.0. The Labute approximate surface area is 172 Å². The predicted octanol–water partition coefficient (Wildman–Crippen LogP) is 3.51. The lowest BCUT2D eigenvalue weighted by molar-refractivity contribution is -0.137. The van der Waals surface area contributed by atoms with E-state index in [4.69, 9.17) is 9.84 Å². The van der Waals surface area contributed by atoms with Crippen molar-refractivity contribution < 1.29 is 24.2 Å². The Morgan fingerprint density at radius 2 is 1.62 bits per heavy atom. The summed E-state index contributed by atoms with van der Waals surface area (Å²) in [5, 5.41) is 11.5. The third-order valence-corrected chi connectivity index (χ3v) is 5.01. The van der Waals surface area contributed by atoms with Crippen LogP contribution in [0.2, 0.25) is 0 Å². The van der Waals surface area contributed by atoms with Gasteiger partial charge in [-0.15, -0.1) is 0 Å². The van der Waals surface area contributed by atoms with Gasteiger partial charge in [-0.25, -0.2) is 0 Å². The molecule has 0 fully saturated rings. The van der Waals surface area contributed by atoms with E-state index in [1.54, 1.807) is 4.90 Å². The number of anilines is 1. The average Bonchev–Trinajstić information content (AvgIpc) is 2.71. The highest BCUT2D eigenvalue weighted by atomic mass is 16.5.